The molecule has 15 heavy (non-hydrogen) atoms. The average molecular weight is 217 g/mol. The first kappa shape index (κ1) is 12.9. The van der Waals surface area contributed by atoms with Crippen molar-refractivity contribution in [3.05, 3.63) is 0 Å². The van der Waals surface area contributed by atoms with E-state index in [1.165, 1.54) is 12.8 Å². The summed E-state index contributed by atoms with van der Waals surface area (Å²) in [6.45, 7) is 4.03. The molecule has 2 N–H and O–H groups in total. The van der Waals surface area contributed by atoms with E-state index >= 15 is 0 Å². The van der Waals surface area contributed by atoms with E-state index in [1.54, 1.807) is 0 Å². The highest BCUT2D eigenvalue weighted by molar-refractivity contribution is 4.80. The minimum Gasteiger partial charge on any atom is -0.394 e. The van der Waals surface area contributed by atoms with Gasteiger partial charge < -0.3 is 19.9 Å². The topological polar surface area (TPSA) is 50.7 Å². The highest BCUT2D eigenvalue weighted by atomic mass is 16.5. The molecule has 2 unspecified atom stereocenters. The van der Waals surface area contributed by atoms with Gasteiger partial charge in [-0.3, -0.25) is 0 Å². The Kier molecular flexibility index (Phi) is 5.53. The van der Waals surface area contributed by atoms with Crippen LogP contribution >= 0.6 is 0 Å². The summed E-state index contributed by atoms with van der Waals surface area (Å²) < 4.78 is 11.1. The third-order valence-electron chi connectivity index (χ3n) is 2.95. The van der Waals surface area contributed by atoms with Crippen LogP contribution in [-0.2, 0) is 9.47 Å². The van der Waals surface area contributed by atoms with Crippen LogP contribution in [-0.4, -0.2) is 50.2 Å². The maximum Gasteiger partial charge on any atom is 0.0808 e. The van der Waals surface area contributed by atoms with E-state index in [0.717, 1.165) is 13.0 Å². The predicted molar refractivity (Wildman–Crippen MR) is 59.0 cm³/mol. The van der Waals surface area contributed by atoms with Crippen molar-refractivity contribution in [2.75, 3.05) is 33.5 Å². The standard InChI is InChI=1S/C11H23NO3/c1-11(8-13,12-2)9-14-7-10-5-3-4-6-15-10/h10,12-13H,3-9H2,1-2H3. The van der Waals surface area contributed by atoms with Gasteiger partial charge >= 0.3 is 0 Å². The largest absolute Gasteiger partial charge is 0.394 e. The Balaban J connectivity index is 2.14. The molecule has 4 nitrogen and oxygen atoms in total. The zero-order valence-corrected chi connectivity index (χ0v) is 9.79. The molecule has 1 fully saturated rings. The first-order chi connectivity index (χ1) is 7.20. The summed E-state index contributed by atoms with van der Waals surface area (Å²) in [7, 11) is 1.83. The predicted octanol–water partition coefficient (Wildman–Crippen LogP) is 0.542. The minimum absolute atomic E-state index is 0.0784. The van der Waals surface area contributed by atoms with Crippen LogP contribution in [0.25, 0.3) is 0 Å². The van der Waals surface area contributed by atoms with Crippen LogP contribution in [0.1, 0.15) is 26.2 Å². The second-order valence-corrected chi connectivity index (χ2v) is 4.47. The van der Waals surface area contributed by atoms with E-state index in [9.17, 15) is 0 Å². The smallest absolute Gasteiger partial charge is 0.0808 e. The van der Waals surface area contributed by atoms with Gasteiger partial charge in [0.25, 0.3) is 0 Å². The Bertz CT molecular complexity index is 165. The molecule has 0 aromatic heterocycles. The van der Waals surface area contributed by atoms with Crippen LogP contribution in [0.2, 0.25) is 0 Å². The Morgan fingerprint density at radius 1 is 1.53 bits per heavy atom. The van der Waals surface area contributed by atoms with Crippen LogP contribution < -0.4 is 5.32 Å². The van der Waals surface area contributed by atoms with Gasteiger partial charge in [-0.1, -0.05) is 0 Å². The Morgan fingerprint density at radius 3 is 2.87 bits per heavy atom. The fourth-order valence-electron chi connectivity index (χ4n) is 1.55. The molecule has 0 radical (unpaired) electrons. The molecule has 1 aliphatic heterocycles. The van der Waals surface area contributed by atoms with E-state index in [0.29, 0.717) is 13.2 Å². The number of hydrogen-bond donors (Lipinski definition) is 2. The van der Waals surface area contributed by atoms with Crippen LogP contribution in [0.3, 0.4) is 0 Å². The van der Waals surface area contributed by atoms with Crippen molar-refractivity contribution in [1.82, 2.24) is 5.32 Å². The number of hydrogen-bond acceptors (Lipinski definition) is 4. The number of aliphatic hydroxyl groups excluding tert-OH is 1. The van der Waals surface area contributed by atoms with Crippen molar-refractivity contribution < 1.29 is 14.6 Å². The Morgan fingerprint density at radius 2 is 2.33 bits per heavy atom. The molecule has 0 aromatic rings. The van der Waals surface area contributed by atoms with Crippen molar-refractivity contribution in [3.63, 3.8) is 0 Å². The van der Waals surface area contributed by atoms with E-state index in [-0.39, 0.29) is 18.2 Å². The SMILES string of the molecule is CNC(C)(CO)COCC1CCCCO1. The maximum absolute atomic E-state index is 9.15. The van der Waals surface area contributed by atoms with Gasteiger partial charge in [0.1, 0.15) is 0 Å². The van der Waals surface area contributed by atoms with Crippen molar-refractivity contribution in [1.29, 1.82) is 0 Å². The van der Waals surface area contributed by atoms with Crippen LogP contribution in [0.15, 0.2) is 0 Å². The summed E-state index contributed by atoms with van der Waals surface area (Å²) in [5.41, 5.74) is -0.339. The molecule has 0 bridgehead atoms. The van der Waals surface area contributed by atoms with Crippen LogP contribution in [0.4, 0.5) is 0 Å². The van der Waals surface area contributed by atoms with E-state index in [1.807, 2.05) is 14.0 Å². The molecule has 0 spiro atoms. The highest BCUT2D eigenvalue weighted by Crippen LogP contribution is 2.13. The number of rotatable bonds is 6. The molecule has 0 amide bonds. The molecule has 0 saturated carbocycles. The normalized spacial score (nSPS) is 26.2. The van der Waals surface area contributed by atoms with E-state index < -0.39 is 0 Å². The average Bonchev–Trinajstić information content (AvgIpc) is 2.30. The third-order valence-corrected chi connectivity index (χ3v) is 2.95. The monoisotopic (exact) mass is 217 g/mol. The summed E-state index contributed by atoms with van der Waals surface area (Å²) in [6.07, 6.45) is 3.74. The summed E-state index contributed by atoms with van der Waals surface area (Å²) in [5, 5.41) is 12.2. The van der Waals surface area contributed by atoms with E-state index in [2.05, 4.69) is 5.32 Å². The molecular formula is C11H23NO3. The van der Waals surface area contributed by atoms with Gasteiger partial charge in [0.05, 0.1) is 31.5 Å². The van der Waals surface area contributed by atoms with Crippen molar-refractivity contribution in [2.45, 2.75) is 37.8 Å². The summed E-state index contributed by atoms with van der Waals surface area (Å²) in [5.74, 6) is 0. The van der Waals surface area contributed by atoms with Gasteiger partial charge in [-0.25, -0.2) is 0 Å². The number of ether oxygens (including phenoxy) is 2. The van der Waals surface area contributed by atoms with Crippen LogP contribution in [0, 0.1) is 0 Å². The van der Waals surface area contributed by atoms with Gasteiger partial charge in [0.2, 0.25) is 0 Å². The Hall–Kier alpha value is -0.160. The lowest BCUT2D eigenvalue weighted by Gasteiger charge is -2.28. The van der Waals surface area contributed by atoms with Gasteiger partial charge in [-0.2, -0.15) is 0 Å². The first-order valence-electron chi connectivity index (χ1n) is 5.69. The van der Waals surface area contributed by atoms with Gasteiger partial charge in [0, 0.05) is 6.61 Å². The summed E-state index contributed by atoms with van der Waals surface area (Å²) >= 11 is 0. The van der Waals surface area contributed by atoms with Crippen LogP contribution in [0.5, 0.6) is 0 Å². The van der Waals surface area contributed by atoms with Gasteiger partial charge in [-0.15, -0.1) is 0 Å². The second kappa shape index (κ2) is 6.43. The molecule has 2 atom stereocenters. The lowest BCUT2D eigenvalue weighted by Crippen LogP contribution is -2.48. The van der Waals surface area contributed by atoms with Gasteiger partial charge in [0.15, 0.2) is 0 Å². The lowest BCUT2D eigenvalue weighted by molar-refractivity contribution is -0.0545. The number of nitrogens with one attached hydrogen (secondary N) is 1. The molecule has 1 rings (SSSR count). The minimum atomic E-state index is -0.339. The molecule has 90 valence electrons. The molecule has 0 aliphatic carbocycles. The molecule has 0 aromatic carbocycles. The lowest BCUT2D eigenvalue weighted by atomic mass is 10.1. The molecular weight excluding hydrogens is 194 g/mol. The van der Waals surface area contributed by atoms with Gasteiger partial charge in [-0.05, 0) is 33.2 Å². The second-order valence-electron chi connectivity index (χ2n) is 4.47. The Labute approximate surface area is 92.0 Å². The zero-order chi connectivity index (χ0) is 11.1. The molecule has 1 heterocycles. The molecule has 1 saturated heterocycles. The fraction of sp³-hybridized carbons (Fsp3) is 1.00. The summed E-state index contributed by atoms with van der Waals surface area (Å²) in [6, 6.07) is 0. The number of likely N-dealkylation sites (N-methyl/N-ethyl adjacent to an activating group) is 1. The fourth-order valence-corrected chi connectivity index (χ4v) is 1.55. The zero-order valence-electron chi connectivity index (χ0n) is 9.79. The third kappa shape index (κ3) is 4.47. The van der Waals surface area contributed by atoms with Crippen molar-refractivity contribution in [3.8, 4) is 0 Å². The first-order valence-corrected chi connectivity index (χ1v) is 5.69. The van der Waals surface area contributed by atoms with Crippen molar-refractivity contribution in [2.24, 2.45) is 0 Å². The quantitative estimate of drug-likeness (QED) is 0.682. The summed E-state index contributed by atoms with van der Waals surface area (Å²) in [4.78, 5) is 0. The maximum atomic E-state index is 9.15. The van der Waals surface area contributed by atoms with E-state index in [4.69, 9.17) is 14.6 Å². The molecule has 4 heteroatoms. The number of aliphatic hydroxyl groups is 1. The van der Waals surface area contributed by atoms with Crippen molar-refractivity contribution >= 4 is 0 Å². The highest BCUT2D eigenvalue weighted by Gasteiger charge is 2.22. The molecule has 1 aliphatic rings.